The minimum Gasteiger partial charge on any atom is -0.392 e. The Bertz CT molecular complexity index is 862. The van der Waals surface area contributed by atoms with Crippen molar-refractivity contribution in [3.63, 3.8) is 0 Å². The second kappa shape index (κ2) is 7.03. The lowest BCUT2D eigenvalue weighted by molar-refractivity contribution is -0.303. The fourth-order valence-corrected chi connectivity index (χ4v) is 11.8. The van der Waals surface area contributed by atoms with Gasteiger partial charge in [0.2, 0.25) is 0 Å². The van der Waals surface area contributed by atoms with Gasteiger partial charge in [0, 0.05) is 30.0 Å². The van der Waals surface area contributed by atoms with Crippen molar-refractivity contribution in [2.45, 2.75) is 135 Å². The van der Waals surface area contributed by atoms with E-state index in [1.54, 1.807) is 0 Å². The molecular formula is C30H49NO3. The van der Waals surface area contributed by atoms with E-state index in [9.17, 15) is 5.11 Å². The molecule has 0 radical (unpaired) electrons. The maximum Gasteiger partial charge on any atom is 0.166 e. The van der Waals surface area contributed by atoms with Crippen LogP contribution in [0, 0.1) is 39.9 Å². The van der Waals surface area contributed by atoms with E-state index in [1.807, 2.05) is 0 Å². The summed E-state index contributed by atoms with van der Waals surface area (Å²) in [5, 5.41) is 11.8. The van der Waals surface area contributed by atoms with Crippen molar-refractivity contribution in [1.82, 2.24) is 4.90 Å². The SMILES string of the molecule is CC(C)[C@H]1CC[C@@]2(C)[C@H]3CC[C@]45CCC[C@H]4[C@@]2(CCC(O)[C@]2(C)CO[C@@]4(C)CC[C@@H]2O4)[C@H]1N5C3. The van der Waals surface area contributed by atoms with Gasteiger partial charge in [0.1, 0.15) is 0 Å². The van der Waals surface area contributed by atoms with Gasteiger partial charge in [-0.3, -0.25) is 4.90 Å². The Morgan fingerprint density at radius 1 is 1.00 bits per heavy atom. The van der Waals surface area contributed by atoms with Crippen molar-refractivity contribution in [3.05, 3.63) is 0 Å². The third-order valence-electron chi connectivity index (χ3n) is 13.6. The first-order valence-corrected chi connectivity index (χ1v) is 14.9. The van der Waals surface area contributed by atoms with E-state index in [0.29, 0.717) is 23.0 Å². The molecule has 7 rings (SSSR count). The van der Waals surface area contributed by atoms with E-state index in [4.69, 9.17) is 9.47 Å². The molecular weight excluding hydrogens is 422 g/mol. The zero-order chi connectivity index (χ0) is 23.7. The van der Waals surface area contributed by atoms with Crippen LogP contribution in [0.5, 0.6) is 0 Å². The Kier molecular flexibility index (Phi) is 4.75. The summed E-state index contributed by atoms with van der Waals surface area (Å²) in [6.07, 6.45) is 13.9. The Morgan fingerprint density at radius 3 is 2.62 bits per heavy atom. The summed E-state index contributed by atoms with van der Waals surface area (Å²) in [5.74, 6) is 2.86. The van der Waals surface area contributed by atoms with Gasteiger partial charge in [-0.15, -0.1) is 0 Å². The van der Waals surface area contributed by atoms with Gasteiger partial charge in [-0.1, -0.05) is 34.1 Å². The van der Waals surface area contributed by atoms with E-state index >= 15 is 0 Å². The van der Waals surface area contributed by atoms with Gasteiger partial charge in [-0.25, -0.2) is 0 Å². The topological polar surface area (TPSA) is 41.9 Å². The molecule has 0 amide bonds. The van der Waals surface area contributed by atoms with Crippen LogP contribution in [0.25, 0.3) is 0 Å². The molecule has 34 heavy (non-hydrogen) atoms. The van der Waals surface area contributed by atoms with Crippen LogP contribution in [0.2, 0.25) is 0 Å². The maximum atomic E-state index is 11.8. The summed E-state index contributed by atoms with van der Waals surface area (Å²) >= 11 is 0. The number of aliphatic hydroxyl groups excluding tert-OH is 1. The van der Waals surface area contributed by atoms with E-state index in [2.05, 4.69) is 39.5 Å². The van der Waals surface area contributed by atoms with Gasteiger partial charge >= 0.3 is 0 Å². The molecule has 0 aromatic heterocycles. The van der Waals surface area contributed by atoms with Crippen LogP contribution in [0.4, 0.5) is 0 Å². The second-order valence-electron chi connectivity index (χ2n) is 14.9. The van der Waals surface area contributed by atoms with Crippen molar-refractivity contribution >= 4 is 0 Å². The van der Waals surface area contributed by atoms with Crippen molar-refractivity contribution < 1.29 is 14.6 Å². The molecule has 1 spiro atoms. The summed E-state index contributed by atoms with van der Waals surface area (Å²) in [6.45, 7) is 14.0. The largest absolute Gasteiger partial charge is 0.392 e. The average Bonchev–Trinajstić information content (AvgIpc) is 3.41. The Labute approximate surface area is 207 Å². The zero-order valence-electron chi connectivity index (χ0n) is 22.4. The van der Waals surface area contributed by atoms with Gasteiger partial charge < -0.3 is 14.6 Å². The van der Waals surface area contributed by atoms with Crippen LogP contribution in [-0.2, 0) is 9.47 Å². The highest BCUT2D eigenvalue weighted by molar-refractivity contribution is 5.31. The Morgan fingerprint density at radius 2 is 1.82 bits per heavy atom. The molecule has 2 aliphatic carbocycles. The molecule has 4 nitrogen and oxygen atoms in total. The highest BCUT2D eigenvalue weighted by atomic mass is 16.7. The fourth-order valence-electron chi connectivity index (χ4n) is 11.8. The predicted octanol–water partition coefficient (Wildman–Crippen LogP) is 5.76. The number of rotatable bonds is 5. The smallest absolute Gasteiger partial charge is 0.166 e. The predicted molar refractivity (Wildman–Crippen MR) is 133 cm³/mol. The molecule has 0 aromatic rings. The van der Waals surface area contributed by atoms with Crippen molar-refractivity contribution in [1.29, 1.82) is 0 Å². The van der Waals surface area contributed by atoms with E-state index in [-0.39, 0.29) is 17.6 Å². The third kappa shape index (κ3) is 2.51. The van der Waals surface area contributed by atoms with Crippen LogP contribution in [0.15, 0.2) is 0 Å². The monoisotopic (exact) mass is 471 g/mol. The molecule has 5 aliphatic heterocycles. The number of ether oxygens (including phenoxy) is 2. The van der Waals surface area contributed by atoms with Gasteiger partial charge in [0.25, 0.3) is 0 Å². The third-order valence-corrected chi connectivity index (χ3v) is 13.6. The van der Waals surface area contributed by atoms with Gasteiger partial charge in [0.05, 0.1) is 18.8 Å². The molecule has 1 N–H and O–H groups in total. The van der Waals surface area contributed by atoms with Crippen LogP contribution < -0.4 is 0 Å². The number of piperidine rings is 2. The molecule has 12 atom stereocenters. The van der Waals surface area contributed by atoms with Crippen LogP contribution >= 0.6 is 0 Å². The number of hydrogen-bond acceptors (Lipinski definition) is 4. The van der Waals surface area contributed by atoms with Crippen LogP contribution in [-0.4, -0.2) is 52.7 Å². The molecule has 192 valence electrons. The van der Waals surface area contributed by atoms with Gasteiger partial charge in [-0.05, 0) is 99.2 Å². The molecule has 7 aliphatic rings. The average molecular weight is 472 g/mol. The molecule has 0 aromatic carbocycles. The minimum absolute atomic E-state index is 0.137. The van der Waals surface area contributed by atoms with E-state index < -0.39 is 5.79 Å². The lowest BCUT2D eigenvalue weighted by Gasteiger charge is -2.67. The fraction of sp³-hybridized carbons (Fsp3) is 1.00. The highest BCUT2D eigenvalue weighted by Gasteiger charge is 2.79. The summed E-state index contributed by atoms with van der Waals surface area (Å²) < 4.78 is 12.5. The van der Waals surface area contributed by atoms with Crippen LogP contribution in [0.3, 0.4) is 0 Å². The normalized spacial score (nSPS) is 60.1. The molecule has 2 saturated carbocycles. The molecule has 4 heteroatoms. The van der Waals surface area contributed by atoms with Crippen molar-refractivity contribution in [3.8, 4) is 0 Å². The molecule has 5 saturated heterocycles. The lowest BCUT2D eigenvalue weighted by Crippen LogP contribution is -2.68. The van der Waals surface area contributed by atoms with Crippen LogP contribution in [0.1, 0.15) is 105 Å². The summed E-state index contributed by atoms with van der Waals surface area (Å²) in [5.41, 5.74) is 1.03. The quantitative estimate of drug-likeness (QED) is 0.553. The minimum atomic E-state index is -0.414. The standard InChI is InChI=1S/C30H49NO3/c1-19(2)21-9-13-27(4)20-8-15-29-12-6-7-22(29)30(27,25(21)31(29)17-20)16-10-23(32)26(3)18-33-28(5)14-11-24(26)34-28/h19-25,32H,6-18H2,1-5H3/t20-,21+,22+,23?,24-,25-,26-,27-,28+,29+,30-/m0/s1. The second-order valence-corrected chi connectivity index (χ2v) is 14.9. The molecule has 7 bridgehead atoms. The van der Waals surface area contributed by atoms with Gasteiger partial charge in [-0.2, -0.15) is 0 Å². The van der Waals surface area contributed by atoms with Crippen molar-refractivity contribution in [2.75, 3.05) is 13.2 Å². The van der Waals surface area contributed by atoms with E-state index in [1.165, 1.54) is 57.9 Å². The summed E-state index contributed by atoms with van der Waals surface area (Å²) in [4.78, 5) is 3.13. The van der Waals surface area contributed by atoms with E-state index in [0.717, 1.165) is 49.0 Å². The first kappa shape index (κ1) is 23.0. The first-order valence-electron chi connectivity index (χ1n) is 14.9. The number of nitrogens with zero attached hydrogens (tertiary/aromatic N) is 1. The zero-order valence-corrected chi connectivity index (χ0v) is 22.4. The number of aliphatic hydroxyl groups is 1. The molecule has 7 fully saturated rings. The molecule has 5 heterocycles. The van der Waals surface area contributed by atoms with Crippen molar-refractivity contribution in [2.24, 2.45) is 39.9 Å². The van der Waals surface area contributed by atoms with Gasteiger partial charge in [0.15, 0.2) is 5.79 Å². The number of fused-ring (bicyclic) bond motifs is 4. The first-order chi connectivity index (χ1) is 16.1. The lowest BCUT2D eigenvalue weighted by atomic mass is 9.42. The maximum absolute atomic E-state index is 11.8. The summed E-state index contributed by atoms with van der Waals surface area (Å²) in [6, 6.07) is 0.738. The number of hydrogen-bond donors (Lipinski definition) is 1. The highest BCUT2D eigenvalue weighted by Crippen LogP contribution is 2.79. The molecule has 2 unspecified atom stereocenters. The Hall–Kier alpha value is -0.160. The summed E-state index contributed by atoms with van der Waals surface area (Å²) in [7, 11) is 0. The Balaban J connectivity index is 1.25.